The number of nitrogens with zero attached hydrogens (tertiary/aromatic N) is 1. The van der Waals surface area contributed by atoms with Crippen molar-refractivity contribution in [2.45, 2.75) is 12.5 Å². The van der Waals surface area contributed by atoms with E-state index >= 15 is 0 Å². The molecule has 2 bridgehead atoms. The van der Waals surface area contributed by atoms with E-state index < -0.39 is 17.8 Å². The Hall–Kier alpha value is -1.26. The van der Waals surface area contributed by atoms with E-state index in [-0.39, 0.29) is 5.92 Å². The topological polar surface area (TPSA) is 57.6 Å². The molecule has 1 saturated heterocycles. The molecule has 16 heavy (non-hydrogen) atoms. The first-order chi connectivity index (χ1) is 7.59. The van der Waals surface area contributed by atoms with Crippen LogP contribution in [-0.4, -0.2) is 42.2 Å². The molecular weight excluding hydrogens is 205 g/mol. The molecule has 2 aliphatic carbocycles. The first kappa shape index (κ1) is 9.93. The summed E-state index contributed by atoms with van der Waals surface area (Å²) in [6.07, 6.45) is 5.31. The van der Waals surface area contributed by atoms with Gasteiger partial charge < -0.3 is 10.0 Å². The van der Waals surface area contributed by atoms with E-state index in [0.29, 0.717) is 24.3 Å². The summed E-state index contributed by atoms with van der Waals surface area (Å²) in [7, 11) is 5.24. The van der Waals surface area contributed by atoms with Crippen LogP contribution >= 0.6 is 0 Å². The number of hydrogen-bond acceptors (Lipinski definition) is 2. The van der Waals surface area contributed by atoms with Gasteiger partial charge in [0, 0.05) is 12.5 Å². The predicted octanol–water partition coefficient (Wildman–Crippen LogP) is 0.482. The summed E-state index contributed by atoms with van der Waals surface area (Å²) >= 11 is 0. The van der Waals surface area contributed by atoms with Crippen LogP contribution in [0.1, 0.15) is 6.42 Å². The quantitative estimate of drug-likeness (QED) is 0.513. The molecule has 4 nitrogen and oxygen atoms in total. The number of likely N-dealkylation sites (tertiary alicyclic amines) is 1. The third-order valence-corrected chi connectivity index (χ3v) is 4.33. The zero-order valence-electron chi connectivity index (χ0n) is 8.74. The Kier molecular flexibility index (Phi) is 1.94. The van der Waals surface area contributed by atoms with E-state index in [9.17, 15) is 14.7 Å². The van der Waals surface area contributed by atoms with Crippen LogP contribution in [0.5, 0.6) is 0 Å². The lowest BCUT2D eigenvalue weighted by Gasteiger charge is -2.26. The standard InChI is InChI=1S/C11H12BNO3/c12-11(16)13-4-7-5-1-2-6(3-5)8(7)9(13)10(14)15/h1-2,5-9H,3-4H2,(H,14,15). The highest BCUT2D eigenvalue weighted by Gasteiger charge is 2.57. The molecule has 1 N–H and O–H groups in total. The average molecular weight is 217 g/mol. The first-order valence-electron chi connectivity index (χ1n) is 5.57. The molecule has 3 rings (SSSR count). The summed E-state index contributed by atoms with van der Waals surface area (Å²) in [6.45, 7) is 0.502. The van der Waals surface area contributed by atoms with Gasteiger partial charge in [0.25, 0.3) is 0 Å². The van der Waals surface area contributed by atoms with Gasteiger partial charge in [-0.1, -0.05) is 12.2 Å². The number of rotatable bonds is 1. The Balaban J connectivity index is 1.95. The fourth-order valence-electron chi connectivity index (χ4n) is 3.76. The van der Waals surface area contributed by atoms with Gasteiger partial charge in [0.05, 0.1) is 0 Å². The van der Waals surface area contributed by atoms with Gasteiger partial charge in [-0.05, 0) is 24.2 Å². The molecule has 5 atom stereocenters. The van der Waals surface area contributed by atoms with Gasteiger partial charge in [-0.25, -0.2) is 4.79 Å². The fraction of sp³-hybridized carbons (Fsp3) is 0.636. The highest BCUT2D eigenvalue weighted by atomic mass is 16.4. The van der Waals surface area contributed by atoms with E-state index in [1.165, 1.54) is 4.90 Å². The molecule has 5 heteroatoms. The summed E-state index contributed by atoms with van der Waals surface area (Å²) < 4.78 is 0. The minimum absolute atomic E-state index is 0.0694. The van der Waals surface area contributed by atoms with Crippen molar-refractivity contribution in [3.8, 4) is 0 Å². The highest BCUT2D eigenvalue weighted by Crippen LogP contribution is 2.53. The molecule has 3 aliphatic rings. The Labute approximate surface area is 94.7 Å². The third kappa shape index (κ3) is 1.11. The summed E-state index contributed by atoms with van der Waals surface area (Å²) in [4.78, 5) is 23.8. The average Bonchev–Trinajstić information content (AvgIpc) is 2.87. The van der Waals surface area contributed by atoms with Crippen LogP contribution < -0.4 is 0 Å². The number of amides is 1. The van der Waals surface area contributed by atoms with Crippen molar-refractivity contribution in [3.05, 3.63) is 12.2 Å². The van der Waals surface area contributed by atoms with Crippen LogP contribution in [-0.2, 0) is 4.79 Å². The maximum absolute atomic E-state index is 11.3. The number of carboxylic acid groups (broad SMARTS) is 1. The molecule has 0 spiro atoms. The molecule has 2 radical (unpaired) electrons. The number of carbonyl (C=O) groups excluding carboxylic acids is 1. The van der Waals surface area contributed by atoms with E-state index in [4.69, 9.17) is 7.85 Å². The van der Waals surface area contributed by atoms with Crippen molar-refractivity contribution in [2.24, 2.45) is 23.7 Å². The molecular formula is C11H12BNO3. The highest BCUT2D eigenvalue weighted by molar-refractivity contribution is 6.57. The largest absolute Gasteiger partial charge is 0.480 e. The Morgan fingerprint density at radius 1 is 1.31 bits per heavy atom. The van der Waals surface area contributed by atoms with Gasteiger partial charge in [0.2, 0.25) is 7.85 Å². The third-order valence-electron chi connectivity index (χ3n) is 4.33. The molecule has 82 valence electrons. The lowest BCUT2D eigenvalue weighted by molar-refractivity contribution is -0.142. The number of fused-ring (bicyclic) bond motifs is 5. The molecule has 0 aromatic heterocycles. The smallest absolute Gasteiger partial charge is 0.326 e. The predicted molar refractivity (Wildman–Crippen MR) is 57.0 cm³/mol. The number of hydrogen-bond donors (Lipinski definition) is 1. The SMILES string of the molecule is [B]C(=O)N1CC2C3C=CC(C3)C2C1C(=O)O. The maximum Gasteiger partial charge on any atom is 0.326 e. The van der Waals surface area contributed by atoms with E-state index in [1.807, 2.05) is 0 Å². The van der Waals surface area contributed by atoms with Crippen molar-refractivity contribution in [1.29, 1.82) is 0 Å². The number of carbonyl (C=O) groups is 2. The van der Waals surface area contributed by atoms with E-state index in [2.05, 4.69) is 12.2 Å². The maximum atomic E-state index is 11.3. The van der Waals surface area contributed by atoms with Crippen molar-refractivity contribution >= 4 is 19.6 Å². The molecule has 1 saturated carbocycles. The summed E-state index contributed by atoms with van der Waals surface area (Å²) in [5, 5.41) is 9.23. The minimum atomic E-state index is -0.924. The second kappa shape index (κ2) is 3.12. The number of allylic oxidation sites excluding steroid dienone is 2. The normalized spacial score (nSPS) is 43.8. The van der Waals surface area contributed by atoms with Crippen LogP contribution in [0, 0.1) is 23.7 Å². The van der Waals surface area contributed by atoms with Gasteiger partial charge in [-0.3, -0.25) is 4.79 Å². The molecule has 5 unspecified atom stereocenters. The van der Waals surface area contributed by atoms with Crippen LogP contribution in [0.2, 0.25) is 0 Å². The van der Waals surface area contributed by atoms with Crippen LogP contribution in [0.25, 0.3) is 0 Å². The Morgan fingerprint density at radius 2 is 2.00 bits per heavy atom. The number of carboxylic acids is 1. The summed E-state index contributed by atoms with van der Waals surface area (Å²) in [5.41, 5.74) is 0. The van der Waals surface area contributed by atoms with Gasteiger partial charge >= 0.3 is 5.97 Å². The van der Waals surface area contributed by atoms with Gasteiger partial charge in [-0.2, -0.15) is 0 Å². The summed E-state index contributed by atoms with van der Waals surface area (Å²) in [5.74, 6) is -0.404. The van der Waals surface area contributed by atoms with Crippen molar-refractivity contribution in [1.82, 2.24) is 4.90 Å². The lowest BCUT2D eigenvalue weighted by atomic mass is 9.82. The first-order valence-corrected chi connectivity index (χ1v) is 5.57. The monoisotopic (exact) mass is 217 g/mol. The van der Waals surface area contributed by atoms with Gasteiger partial charge in [0.15, 0.2) is 5.81 Å². The molecule has 1 amide bonds. The van der Waals surface area contributed by atoms with Crippen LogP contribution in [0.15, 0.2) is 12.2 Å². The van der Waals surface area contributed by atoms with E-state index in [0.717, 1.165) is 6.42 Å². The van der Waals surface area contributed by atoms with Crippen LogP contribution in [0.3, 0.4) is 0 Å². The fourth-order valence-corrected chi connectivity index (χ4v) is 3.76. The van der Waals surface area contributed by atoms with Crippen LogP contribution in [0.4, 0.5) is 4.79 Å². The lowest BCUT2D eigenvalue weighted by Crippen LogP contribution is -2.44. The molecule has 2 fully saturated rings. The second-order valence-electron chi connectivity index (χ2n) is 4.96. The minimum Gasteiger partial charge on any atom is -0.480 e. The molecule has 1 heterocycles. The Bertz CT molecular complexity index is 395. The zero-order chi connectivity index (χ0) is 11.4. The zero-order valence-corrected chi connectivity index (χ0v) is 8.74. The van der Waals surface area contributed by atoms with Gasteiger partial charge in [0.1, 0.15) is 6.04 Å². The Morgan fingerprint density at radius 3 is 2.62 bits per heavy atom. The van der Waals surface area contributed by atoms with E-state index in [1.54, 1.807) is 0 Å². The molecule has 0 aromatic rings. The van der Waals surface area contributed by atoms with Crippen molar-refractivity contribution in [3.63, 3.8) is 0 Å². The number of aliphatic carboxylic acids is 1. The molecule has 1 aliphatic heterocycles. The molecule has 0 aromatic carbocycles. The van der Waals surface area contributed by atoms with Crippen molar-refractivity contribution < 1.29 is 14.7 Å². The van der Waals surface area contributed by atoms with Gasteiger partial charge in [-0.15, -0.1) is 0 Å². The second-order valence-corrected chi connectivity index (χ2v) is 4.96. The summed E-state index contributed by atoms with van der Waals surface area (Å²) in [6, 6.07) is -0.720. The van der Waals surface area contributed by atoms with Crippen molar-refractivity contribution in [2.75, 3.05) is 6.54 Å².